The van der Waals surface area contributed by atoms with Crippen LogP contribution in [0.25, 0.3) is 0 Å². The fourth-order valence-corrected chi connectivity index (χ4v) is 2.75. The van der Waals surface area contributed by atoms with Crippen LogP contribution >= 0.6 is 0 Å². The van der Waals surface area contributed by atoms with E-state index in [-0.39, 0.29) is 17.5 Å². The number of piperidine rings is 1. The summed E-state index contributed by atoms with van der Waals surface area (Å²) >= 11 is 0. The molecule has 1 atom stereocenters. The molecule has 1 fully saturated rings. The Morgan fingerprint density at radius 3 is 2.62 bits per heavy atom. The van der Waals surface area contributed by atoms with Gasteiger partial charge in [0.15, 0.2) is 0 Å². The number of carbonyl (C=O) groups excluding carboxylic acids is 1. The van der Waals surface area contributed by atoms with Crippen LogP contribution in [0.2, 0.25) is 0 Å². The first-order valence-corrected chi connectivity index (χ1v) is 7.49. The van der Waals surface area contributed by atoms with Gasteiger partial charge in [-0.2, -0.15) is 13.2 Å². The van der Waals surface area contributed by atoms with Gasteiger partial charge in [0.25, 0.3) is 5.91 Å². The molecule has 0 bridgehead atoms. The van der Waals surface area contributed by atoms with Gasteiger partial charge in [-0.1, -0.05) is 5.21 Å². The zero-order valence-electron chi connectivity index (χ0n) is 12.6. The average Bonchev–Trinajstić information content (AvgIpc) is 3.07. The third-order valence-electron chi connectivity index (χ3n) is 3.91. The van der Waals surface area contributed by atoms with E-state index in [1.54, 1.807) is 22.0 Å². The van der Waals surface area contributed by atoms with Crippen LogP contribution in [-0.4, -0.2) is 48.4 Å². The first-order valence-electron chi connectivity index (χ1n) is 7.49. The fraction of sp³-hybridized carbons (Fsp3) is 0.500. The Kier molecular flexibility index (Phi) is 4.45. The Hall–Kier alpha value is -2.52. The van der Waals surface area contributed by atoms with Crippen LogP contribution in [0.1, 0.15) is 35.4 Å². The predicted molar refractivity (Wildman–Crippen MR) is 75.7 cm³/mol. The Bertz CT molecular complexity index is 686. The monoisotopic (exact) mass is 340 g/mol. The number of likely N-dealkylation sites (tertiary alicyclic amines) is 1. The maximum Gasteiger partial charge on any atom is 0.451 e. The molecule has 0 N–H and O–H groups in total. The number of alkyl halides is 3. The Morgan fingerprint density at radius 1 is 1.25 bits per heavy atom. The van der Waals surface area contributed by atoms with Crippen LogP contribution in [-0.2, 0) is 12.7 Å². The second-order valence-corrected chi connectivity index (χ2v) is 5.57. The lowest BCUT2D eigenvalue weighted by molar-refractivity contribution is -0.145. The lowest BCUT2D eigenvalue weighted by atomic mass is 10.0. The van der Waals surface area contributed by atoms with Crippen molar-refractivity contribution < 1.29 is 18.0 Å². The van der Waals surface area contributed by atoms with Gasteiger partial charge < -0.3 is 4.90 Å². The summed E-state index contributed by atoms with van der Waals surface area (Å²) in [5.41, 5.74) is 0.0495. The number of hydrogen-bond donors (Lipinski definition) is 0. The molecule has 1 aliphatic heterocycles. The molecule has 0 spiro atoms. The minimum absolute atomic E-state index is 0.0495. The molecule has 0 saturated carbocycles. The van der Waals surface area contributed by atoms with E-state index in [9.17, 15) is 18.0 Å². The molecule has 128 valence electrons. The van der Waals surface area contributed by atoms with E-state index < -0.39 is 12.0 Å². The van der Waals surface area contributed by atoms with Crippen molar-refractivity contribution in [3.63, 3.8) is 0 Å². The highest BCUT2D eigenvalue weighted by Gasteiger charge is 2.35. The number of amides is 1. The van der Waals surface area contributed by atoms with Crippen LogP contribution in [0.5, 0.6) is 0 Å². The highest BCUT2D eigenvalue weighted by molar-refractivity contribution is 5.93. The summed E-state index contributed by atoms with van der Waals surface area (Å²) < 4.78 is 39.2. The largest absolute Gasteiger partial charge is 0.451 e. The molecule has 3 rings (SSSR count). The van der Waals surface area contributed by atoms with Crippen LogP contribution < -0.4 is 0 Å². The fourth-order valence-electron chi connectivity index (χ4n) is 2.75. The molecule has 2 aromatic rings. The van der Waals surface area contributed by atoms with Crippen LogP contribution in [0.3, 0.4) is 0 Å². The van der Waals surface area contributed by atoms with E-state index in [1.165, 1.54) is 0 Å². The van der Waals surface area contributed by atoms with Crippen LogP contribution in [0.15, 0.2) is 24.8 Å². The molecular weight excluding hydrogens is 325 g/mol. The summed E-state index contributed by atoms with van der Waals surface area (Å²) in [6.07, 6.45) is 3.12. The van der Waals surface area contributed by atoms with Gasteiger partial charge in [0, 0.05) is 25.1 Å². The number of halogens is 3. The highest BCUT2D eigenvalue weighted by Crippen LogP contribution is 2.26. The molecular formula is C14H15F3N6O. The maximum absolute atomic E-state index is 12.6. The first-order chi connectivity index (χ1) is 11.4. The first kappa shape index (κ1) is 16.3. The summed E-state index contributed by atoms with van der Waals surface area (Å²) in [6.45, 7) is 1.03. The maximum atomic E-state index is 12.6. The van der Waals surface area contributed by atoms with Gasteiger partial charge in [-0.3, -0.25) is 9.48 Å². The minimum Gasteiger partial charge on any atom is -0.334 e. The van der Waals surface area contributed by atoms with E-state index >= 15 is 0 Å². The molecule has 1 saturated heterocycles. The van der Waals surface area contributed by atoms with Crippen molar-refractivity contribution >= 4 is 5.91 Å². The molecule has 1 aliphatic rings. The molecule has 24 heavy (non-hydrogen) atoms. The standard InChI is InChI=1S/C14H15F3N6O/c15-14(16,17)13-18-7-10(8-19-13)12(24)23-5-2-1-3-11(23)9-22-6-4-20-21-22/h4,6-8,11H,1-3,5,9H2. The van der Waals surface area contributed by atoms with Crippen molar-refractivity contribution in [1.29, 1.82) is 0 Å². The van der Waals surface area contributed by atoms with Gasteiger partial charge in [0.05, 0.1) is 24.3 Å². The molecule has 10 heteroatoms. The van der Waals surface area contributed by atoms with Crippen molar-refractivity contribution in [2.45, 2.75) is 38.0 Å². The van der Waals surface area contributed by atoms with Gasteiger partial charge >= 0.3 is 6.18 Å². The number of hydrogen-bond acceptors (Lipinski definition) is 5. The third kappa shape index (κ3) is 3.52. The van der Waals surface area contributed by atoms with Crippen molar-refractivity contribution in [1.82, 2.24) is 29.9 Å². The van der Waals surface area contributed by atoms with E-state index in [1.807, 2.05) is 0 Å². The van der Waals surface area contributed by atoms with E-state index in [4.69, 9.17) is 0 Å². The molecule has 1 unspecified atom stereocenters. The second-order valence-electron chi connectivity index (χ2n) is 5.57. The minimum atomic E-state index is -4.62. The topological polar surface area (TPSA) is 76.8 Å². The molecule has 0 radical (unpaired) electrons. The number of carbonyl (C=O) groups is 1. The third-order valence-corrected chi connectivity index (χ3v) is 3.91. The smallest absolute Gasteiger partial charge is 0.334 e. The van der Waals surface area contributed by atoms with Crippen molar-refractivity contribution in [2.24, 2.45) is 0 Å². The van der Waals surface area contributed by atoms with E-state index in [2.05, 4.69) is 20.3 Å². The van der Waals surface area contributed by atoms with Crippen LogP contribution in [0.4, 0.5) is 13.2 Å². The van der Waals surface area contributed by atoms with Gasteiger partial charge in [-0.15, -0.1) is 5.10 Å². The normalized spacial score (nSPS) is 18.6. The zero-order valence-corrected chi connectivity index (χ0v) is 12.6. The van der Waals surface area contributed by atoms with Crippen molar-refractivity contribution in [3.8, 4) is 0 Å². The highest BCUT2D eigenvalue weighted by atomic mass is 19.4. The molecule has 7 nitrogen and oxygen atoms in total. The summed E-state index contributed by atoms with van der Waals surface area (Å²) in [5, 5.41) is 7.63. The molecule has 2 aromatic heterocycles. The quantitative estimate of drug-likeness (QED) is 0.851. The Morgan fingerprint density at radius 2 is 2.00 bits per heavy atom. The zero-order chi connectivity index (χ0) is 17.2. The lowest BCUT2D eigenvalue weighted by Gasteiger charge is -2.35. The SMILES string of the molecule is O=C(c1cnc(C(F)(F)F)nc1)N1CCCCC1Cn1ccnn1. The summed E-state index contributed by atoms with van der Waals surface area (Å²) in [7, 11) is 0. The van der Waals surface area contributed by atoms with Gasteiger partial charge in [0.1, 0.15) is 0 Å². The average molecular weight is 340 g/mol. The number of rotatable bonds is 3. The Labute approximate surface area is 135 Å². The molecule has 3 heterocycles. The van der Waals surface area contributed by atoms with E-state index in [0.29, 0.717) is 13.1 Å². The van der Waals surface area contributed by atoms with Gasteiger partial charge in [-0.25, -0.2) is 9.97 Å². The summed E-state index contributed by atoms with van der Waals surface area (Å²) in [4.78, 5) is 20.8. The van der Waals surface area contributed by atoms with E-state index in [0.717, 1.165) is 31.7 Å². The number of aromatic nitrogens is 5. The number of nitrogens with zero attached hydrogens (tertiary/aromatic N) is 6. The van der Waals surface area contributed by atoms with Gasteiger partial charge in [0.2, 0.25) is 5.82 Å². The molecule has 0 aliphatic carbocycles. The Balaban J connectivity index is 1.76. The lowest BCUT2D eigenvalue weighted by Crippen LogP contribution is -2.46. The molecule has 0 aromatic carbocycles. The van der Waals surface area contributed by atoms with Crippen LogP contribution in [0, 0.1) is 0 Å². The predicted octanol–water partition coefficient (Wildman–Crippen LogP) is 1.78. The van der Waals surface area contributed by atoms with Crippen molar-refractivity contribution in [2.75, 3.05) is 6.54 Å². The molecule has 1 amide bonds. The summed E-state index contributed by atoms with van der Waals surface area (Å²) in [5.74, 6) is -1.62. The van der Waals surface area contributed by atoms with Gasteiger partial charge in [-0.05, 0) is 19.3 Å². The summed E-state index contributed by atoms with van der Waals surface area (Å²) in [6, 6.07) is -0.0877. The van der Waals surface area contributed by atoms with Crippen molar-refractivity contribution in [3.05, 3.63) is 36.2 Å². The second kappa shape index (κ2) is 6.54.